The van der Waals surface area contributed by atoms with Crippen LogP contribution in [-0.2, 0) is 57.5 Å². The maximum Gasteiger partial charge on any atom is 0.336 e. The van der Waals surface area contributed by atoms with E-state index in [9.17, 15) is 19.8 Å². The van der Waals surface area contributed by atoms with Crippen LogP contribution >= 0.6 is 31.9 Å². The maximum absolute atomic E-state index is 16.0. The molecular formula is C78H88Br2N4O6. The van der Waals surface area contributed by atoms with Crippen LogP contribution in [0.25, 0.3) is 81.5 Å². The fraction of sp³-hybridized carbons (Fsp3) is 0.410. The van der Waals surface area contributed by atoms with E-state index in [0.717, 1.165) is 89.6 Å². The predicted molar refractivity (Wildman–Crippen MR) is 380 cm³/mol. The number of nitrogens with one attached hydrogen (secondary N) is 2. The van der Waals surface area contributed by atoms with Gasteiger partial charge in [0.05, 0.1) is 17.1 Å². The van der Waals surface area contributed by atoms with Crippen molar-refractivity contribution in [2.45, 2.75) is 186 Å². The third-order valence-electron chi connectivity index (χ3n) is 19.3. The third-order valence-corrected chi connectivity index (χ3v) is 21.2. The molecule has 0 aliphatic heterocycles. The van der Waals surface area contributed by atoms with Gasteiger partial charge in [0.25, 0.3) is 0 Å². The summed E-state index contributed by atoms with van der Waals surface area (Å²) in [4.78, 5) is 59.7. The van der Waals surface area contributed by atoms with Crippen molar-refractivity contribution in [2.75, 3.05) is 13.1 Å². The molecule has 2 atom stereocenters. The van der Waals surface area contributed by atoms with Gasteiger partial charge < -0.3 is 30.0 Å². The summed E-state index contributed by atoms with van der Waals surface area (Å²) in [5, 5.41) is 37.8. The molecule has 12 heteroatoms. The van der Waals surface area contributed by atoms with Gasteiger partial charge in [0.2, 0.25) is 11.8 Å². The molecule has 1 aliphatic rings. The Morgan fingerprint density at radius 3 is 1.30 bits per heavy atom. The van der Waals surface area contributed by atoms with Crippen LogP contribution < -0.4 is 15.9 Å². The Kier molecular flexibility index (Phi) is 20.8. The second kappa shape index (κ2) is 29.1. The molecule has 2 aromatic heterocycles. The molecule has 0 saturated heterocycles. The third kappa shape index (κ3) is 12.8. The Balaban J connectivity index is 0.943. The van der Waals surface area contributed by atoms with Crippen molar-refractivity contribution >= 4 is 137 Å². The number of fused-ring (bicyclic) bond motifs is 8. The number of alkyl halides is 1. The van der Waals surface area contributed by atoms with Gasteiger partial charge in [-0.25, -0.2) is 9.59 Å². The Bertz CT molecular complexity index is 4240. The average molecular weight is 1340 g/mol. The number of benzene rings is 8. The van der Waals surface area contributed by atoms with Gasteiger partial charge in [-0.15, -0.1) is 0 Å². The number of hydrogen-bond acceptors (Lipinski definition) is 4. The number of halogens is 2. The van der Waals surface area contributed by atoms with E-state index in [2.05, 4.69) is 152 Å². The van der Waals surface area contributed by atoms with Crippen LogP contribution in [0.4, 0.5) is 0 Å². The van der Waals surface area contributed by atoms with Gasteiger partial charge in [-0.3, -0.25) is 9.59 Å². The summed E-state index contributed by atoms with van der Waals surface area (Å²) in [6.45, 7) is 10.4. The smallest absolute Gasteiger partial charge is 0.336 e. The minimum absolute atomic E-state index is 0.0860. The first-order valence-electron chi connectivity index (χ1n) is 33.8. The molecule has 2 unspecified atom stereocenters. The van der Waals surface area contributed by atoms with Crippen molar-refractivity contribution in [1.82, 2.24) is 19.8 Å². The fourth-order valence-corrected chi connectivity index (χ4v) is 16.4. The molecule has 90 heavy (non-hydrogen) atoms. The topological polar surface area (TPSA) is 143 Å². The number of aryl methyl sites for hydroxylation is 6. The molecule has 8 aromatic carbocycles. The largest absolute Gasteiger partial charge is 0.478 e. The molecule has 10 nitrogen and oxygen atoms in total. The van der Waals surface area contributed by atoms with Gasteiger partial charge in [-0.05, 0) is 174 Å². The zero-order valence-electron chi connectivity index (χ0n) is 53.1. The first kappa shape index (κ1) is 64.5. The second-order valence-electron chi connectivity index (χ2n) is 25.5. The first-order valence-corrected chi connectivity index (χ1v) is 35.3. The van der Waals surface area contributed by atoms with Gasteiger partial charge >= 0.3 is 11.9 Å². The number of carboxylic acid groups (broad SMARTS) is 2. The monoisotopic (exact) mass is 1330 g/mol. The molecule has 470 valence electrons. The molecule has 4 N–H and O–H groups in total. The normalized spacial score (nSPS) is 15.0. The van der Waals surface area contributed by atoms with Crippen LogP contribution in [0.2, 0.25) is 0 Å². The van der Waals surface area contributed by atoms with Crippen LogP contribution in [0, 0.1) is 5.92 Å². The molecule has 1 aliphatic carbocycles. The molecule has 10 aromatic rings. The highest BCUT2D eigenvalue weighted by atomic mass is 79.9. The molecule has 0 radical (unpaired) electrons. The molecule has 0 saturated carbocycles. The molecule has 2 heterocycles. The van der Waals surface area contributed by atoms with Crippen molar-refractivity contribution in [3.63, 3.8) is 0 Å². The van der Waals surface area contributed by atoms with Crippen LogP contribution in [0.5, 0.6) is 0 Å². The van der Waals surface area contributed by atoms with Gasteiger partial charge in [-0.2, -0.15) is 0 Å². The summed E-state index contributed by atoms with van der Waals surface area (Å²) >= 11 is 7.76. The highest BCUT2D eigenvalue weighted by molar-refractivity contribution is 9.10. The number of amides is 2. The van der Waals surface area contributed by atoms with E-state index >= 15 is 9.59 Å². The van der Waals surface area contributed by atoms with E-state index in [-0.39, 0.29) is 23.9 Å². The zero-order chi connectivity index (χ0) is 63.1. The Morgan fingerprint density at radius 2 is 0.889 bits per heavy atom. The SMILES string of the molecule is CCCCCCc1ccc2c(c1)c1cc(CCCCCC)ccc1n2CCCNC(=O)C1C(C(=O)O)=c2c(C(=O)O)cc(Br)c3c2c(c2cccc4cccc3c42)C1(Br)C(=O)NCCCn1c2ccc(CCCCCC)cc2c2cc(CCCCCC)ccc21. The van der Waals surface area contributed by atoms with E-state index in [0.29, 0.717) is 52.1 Å². The fourth-order valence-electron chi connectivity index (χ4n) is 14.8. The number of rotatable bonds is 32. The van der Waals surface area contributed by atoms with Gasteiger partial charge in [0.1, 0.15) is 4.32 Å². The minimum Gasteiger partial charge on any atom is -0.478 e. The number of unbranched alkanes of at least 4 members (excludes halogenated alkanes) is 12. The van der Waals surface area contributed by atoms with E-state index < -0.39 is 39.6 Å². The van der Waals surface area contributed by atoms with E-state index in [1.165, 1.54) is 127 Å². The van der Waals surface area contributed by atoms with Crippen LogP contribution in [0.1, 0.15) is 181 Å². The molecule has 2 amide bonds. The molecule has 0 spiro atoms. The molecule has 0 bridgehead atoms. The summed E-state index contributed by atoms with van der Waals surface area (Å²) in [5.74, 6) is -5.87. The number of carboxylic acids is 2. The van der Waals surface area contributed by atoms with Gasteiger partial charge in [-0.1, -0.05) is 197 Å². The lowest BCUT2D eigenvalue weighted by Crippen LogP contribution is -2.55. The number of carbonyl (C=O) groups is 4. The van der Waals surface area contributed by atoms with Gasteiger partial charge in [0, 0.05) is 84.9 Å². The summed E-state index contributed by atoms with van der Waals surface area (Å²) in [6, 6.07) is 40.6. The van der Waals surface area contributed by atoms with Gasteiger partial charge in [0.15, 0.2) is 0 Å². The standard InChI is InChI=1S/C78H88Br2N4O6/c1-5-9-13-17-25-50-33-37-63-57(45-50)58-46-51(26-18-14-10-6-2)34-38-64(58)83(63)43-23-41-81-74(85)73-71(76(88)89)69-61(75(86)87)49-62(79)68-55-31-21-29-54-30-22-32-56(67(54)55)72(70(68)69)78(73,80)77(90)82-42-24-44-84-65-39-35-52(27-19-15-11-7-3)47-59(65)60-48-53(36-40-66(60)84)28-20-16-12-8-4/h21-22,29-40,45-49,73H,5-20,23-28,41-44H2,1-4H3,(H,81,85)(H,82,90)(H,86,87)(H,88,89). The first-order chi connectivity index (χ1) is 43.8. The van der Waals surface area contributed by atoms with Crippen LogP contribution in [0.3, 0.4) is 0 Å². The number of aromatic nitrogens is 2. The molecule has 11 rings (SSSR count). The molecular weight excluding hydrogens is 1250 g/mol. The summed E-state index contributed by atoms with van der Waals surface area (Å²) in [6.07, 6.45) is 24.2. The van der Waals surface area contributed by atoms with E-state index in [1.54, 1.807) is 0 Å². The highest BCUT2D eigenvalue weighted by Gasteiger charge is 2.56. The van der Waals surface area contributed by atoms with Crippen LogP contribution in [0.15, 0.2) is 120 Å². The average Bonchev–Trinajstić information content (AvgIpc) is 0.939. The number of aliphatic carboxylic acids is 1. The summed E-state index contributed by atoms with van der Waals surface area (Å²) in [7, 11) is 0. The van der Waals surface area contributed by atoms with Crippen molar-refractivity contribution in [3.8, 4) is 0 Å². The minimum atomic E-state index is -2.05. The zero-order valence-corrected chi connectivity index (χ0v) is 56.3. The Hall–Kier alpha value is -7.02. The van der Waals surface area contributed by atoms with E-state index in [1.807, 2.05) is 36.4 Å². The Morgan fingerprint density at radius 1 is 0.467 bits per heavy atom. The van der Waals surface area contributed by atoms with Crippen molar-refractivity contribution in [3.05, 3.63) is 158 Å². The number of hydrogen-bond donors (Lipinski definition) is 4. The van der Waals surface area contributed by atoms with Crippen LogP contribution in [-0.4, -0.2) is 56.2 Å². The Labute approximate surface area is 546 Å². The summed E-state index contributed by atoms with van der Waals surface area (Å²) < 4.78 is 3.07. The predicted octanol–water partition coefficient (Wildman–Crippen LogP) is 18.9. The number of carbonyl (C=O) groups excluding carboxylic acids is 2. The maximum atomic E-state index is 16.0. The lowest BCUT2D eigenvalue weighted by molar-refractivity contribution is -0.135. The lowest BCUT2D eigenvalue weighted by atomic mass is 9.69. The van der Waals surface area contributed by atoms with Crippen molar-refractivity contribution < 1.29 is 29.4 Å². The molecule has 0 fully saturated rings. The van der Waals surface area contributed by atoms with Crippen molar-refractivity contribution in [2.24, 2.45) is 5.92 Å². The quantitative estimate of drug-likeness (QED) is 0.0143. The second-order valence-corrected chi connectivity index (χ2v) is 27.6. The van der Waals surface area contributed by atoms with E-state index in [4.69, 9.17) is 0 Å². The summed E-state index contributed by atoms with van der Waals surface area (Å²) in [5.41, 5.74) is 9.43. The lowest BCUT2D eigenvalue weighted by Gasteiger charge is -2.40. The number of aromatic carboxylic acids is 1. The highest BCUT2D eigenvalue weighted by Crippen LogP contribution is 2.54. The number of nitrogens with zero attached hydrogens (tertiary/aromatic N) is 2. The van der Waals surface area contributed by atoms with Crippen molar-refractivity contribution in [1.29, 1.82) is 0 Å².